The maximum absolute atomic E-state index is 5.33. The van der Waals surface area contributed by atoms with Gasteiger partial charge in [0, 0.05) is 38.1 Å². The Kier molecular flexibility index (Phi) is 6.80. The molecule has 0 fully saturated rings. The highest BCUT2D eigenvalue weighted by molar-refractivity contribution is 5.71. The van der Waals surface area contributed by atoms with E-state index in [2.05, 4.69) is 85.0 Å². The molecule has 0 aliphatic rings. The van der Waals surface area contributed by atoms with Gasteiger partial charge in [-0.3, -0.25) is 0 Å². The van der Waals surface area contributed by atoms with Gasteiger partial charge >= 0.3 is 0 Å². The second-order valence-electron chi connectivity index (χ2n) is 6.98. The van der Waals surface area contributed by atoms with Gasteiger partial charge in [0.15, 0.2) is 0 Å². The maximum Gasteiger partial charge on any atom is 0.123 e. The molecule has 0 amide bonds. The van der Waals surface area contributed by atoms with Gasteiger partial charge in [0.1, 0.15) is 11.5 Å². The number of benzene rings is 3. The minimum Gasteiger partial charge on any atom is -0.497 e. The first kappa shape index (κ1) is 20.3. The number of para-hydroxylation sites is 1. The fraction of sp³-hybridized carbons (Fsp3) is 0.200. The molecule has 0 saturated heterocycles. The maximum atomic E-state index is 5.33. The predicted octanol–water partition coefficient (Wildman–Crippen LogP) is 5.55. The average Bonchev–Trinajstić information content (AvgIpc) is 2.76. The largest absolute Gasteiger partial charge is 0.497 e. The summed E-state index contributed by atoms with van der Waals surface area (Å²) >= 11 is 0. The summed E-state index contributed by atoms with van der Waals surface area (Å²) in [7, 11) is 7.45. The molecule has 0 radical (unpaired) electrons. The molecule has 0 atom stereocenters. The minimum atomic E-state index is 0.779. The molecule has 0 aliphatic carbocycles. The molecule has 0 heterocycles. The molecule has 0 aliphatic heterocycles. The fourth-order valence-corrected chi connectivity index (χ4v) is 3.12. The molecule has 150 valence electrons. The van der Waals surface area contributed by atoms with Crippen LogP contribution >= 0.6 is 0 Å². The van der Waals surface area contributed by atoms with Gasteiger partial charge in [-0.1, -0.05) is 42.5 Å². The lowest BCUT2D eigenvalue weighted by molar-refractivity contribution is 0.394. The van der Waals surface area contributed by atoms with Crippen LogP contribution < -0.4 is 19.7 Å². The summed E-state index contributed by atoms with van der Waals surface area (Å²) < 4.78 is 10.7. The van der Waals surface area contributed by atoms with Crippen molar-refractivity contribution in [3.63, 3.8) is 0 Å². The third-order valence-electron chi connectivity index (χ3n) is 4.71. The van der Waals surface area contributed by atoms with Gasteiger partial charge in [-0.25, -0.2) is 0 Å². The van der Waals surface area contributed by atoms with Crippen molar-refractivity contribution < 1.29 is 9.47 Å². The van der Waals surface area contributed by atoms with Crippen LogP contribution in [0.3, 0.4) is 0 Å². The van der Waals surface area contributed by atoms with E-state index in [4.69, 9.17) is 9.47 Å². The molecule has 3 rings (SSSR count). The Balaban J connectivity index is 1.66. The van der Waals surface area contributed by atoms with E-state index in [9.17, 15) is 0 Å². The van der Waals surface area contributed by atoms with E-state index < -0.39 is 0 Å². The number of nitrogens with zero attached hydrogens (tertiary/aromatic N) is 1. The van der Waals surface area contributed by atoms with Gasteiger partial charge in [0.2, 0.25) is 0 Å². The molecule has 29 heavy (non-hydrogen) atoms. The quantitative estimate of drug-likeness (QED) is 0.513. The Morgan fingerprint density at radius 2 is 1.41 bits per heavy atom. The van der Waals surface area contributed by atoms with Crippen LogP contribution in [0.4, 0.5) is 11.4 Å². The molecule has 0 bridgehead atoms. The van der Waals surface area contributed by atoms with Crippen molar-refractivity contribution in [1.82, 2.24) is 0 Å². The Morgan fingerprint density at radius 3 is 2.03 bits per heavy atom. The van der Waals surface area contributed by atoms with Crippen LogP contribution in [0, 0.1) is 0 Å². The van der Waals surface area contributed by atoms with Crippen LogP contribution in [0.25, 0.3) is 12.2 Å². The highest BCUT2D eigenvalue weighted by Gasteiger charge is 2.03. The summed E-state index contributed by atoms with van der Waals surface area (Å²) in [6.45, 7) is 0.785. The number of rotatable bonds is 8. The highest BCUT2D eigenvalue weighted by Crippen LogP contribution is 2.24. The van der Waals surface area contributed by atoms with E-state index in [-0.39, 0.29) is 0 Å². The first-order valence-corrected chi connectivity index (χ1v) is 9.59. The van der Waals surface area contributed by atoms with E-state index in [1.807, 2.05) is 18.2 Å². The number of hydrogen-bond acceptors (Lipinski definition) is 4. The third-order valence-corrected chi connectivity index (χ3v) is 4.71. The van der Waals surface area contributed by atoms with Crippen molar-refractivity contribution in [3.8, 4) is 11.5 Å². The molecule has 0 spiro atoms. The number of anilines is 2. The van der Waals surface area contributed by atoms with Gasteiger partial charge in [-0.15, -0.1) is 0 Å². The van der Waals surface area contributed by atoms with Crippen LogP contribution in [0.1, 0.15) is 16.7 Å². The van der Waals surface area contributed by atoms with Crippen LogP contribution in [0.15, 0.2) is 66.7 Å². The number of nitrogens with one attached hydrogen (secondary N) is 1. The zero-order chi connectivity index (χ0) is 20.6. The van der Waals surface area contributed by atoms with Crippen molar-refractivity contribution in [1.29, 1.82) is 0 Å². The van der Waals surface area contributed by atoms with Gasteiger partial charge in [0.05, 0.1) is 14.2 Å². The van der Waals surface area contributed by atoms with Crippen molar-refractivity contribution in [2.75, 3.05) is 38.5 Å². The SMILES string of the molecule is COc1cc(/C=C/c2ccc(NCc3ccccc3N(C)C)cc2)cc(OC)c1. The topological polar surface area (TPSA) is 33.7 Å². The summed E-state index contributed by atoms with van der Waals surface area (Å²) in [5.41, 5.74) is 5.76. The number of ether oxygens (including phenoxy) is 2. The molecule has 0 saturated carbocycles. The normalized spacial score (nSPS) is 10.8. The van der Waals surface area contributed by atoms with Crippen molar-refractivity contribution in [2.24, 2.45) is 0 Å². The molecule has 1 N–H and O–H groups in total. The number of methoxy groups -OCH3 is 2. The summed E-state index contributed by atoms with van der Waals surface area (Å²) in [5, 5.41) is 3.50. The van der Waals surface area contributed by atoms with E-state index >= 15 is 0 Å². The average molecular weight is 389 g/mol. The van der Waals surface area contributed by atoms with Crippen molar-refractivity contribution in [3.05, 3.63) is 83.4 Å². The van der Waals surface area contributed by atoms with Crippen LogP contribution in [0.2, 0.25) is 0 Å². The lowest BCUT2D eigenvalue weighted by Gasteiger charge is -2.18. The van der Waals surface area contributed by atoms with E-state index in [0.29, 0.717) is 0 Å². The Labute approximate surface area is 173 Å². The molecular weight excluding hydrogens is 360 g/mol. The molecule has 4 heteroatoms. The van der Waals surface area contributed by atoms with Crippen LogP contribution in [-0.4, -0.2) is 28.3 Å². The van der Waals surface area contributed by atoms with Gasteiger partial charge < -0.3 is 19.7 Å². The van der Waals surface area contributed by atoms with Gasteiger partial charge in [0.25, 0.3) is 0 Å². The lowest BCUT2D eigenvalue weighted by Crippen LogP contribution is -2.12. The second-order valence-corrected chi connectivity index (χ2v) is 6.98. The fourth-order valence-electron chi connectivity index (χ4n) is 3.12. The molecular formula is C25H28N2O2. The van der Waals surface area contributed by atoms with E-state index in [0.717, 1.165) is 34.9 Å². The monoisotopic (exact) mass is 388 g/mol. The molecule has 3 aromatic rings. The predicted molar refractivity (Wildman–Crippen MR) is 123 cm³/mol. The van der Waals surface area contributed by atoms with Gasteiger partial charge in [-0.2, -0.15) is 0 Å². The zero-order valence-electron chi connectivity index (χ0n) is 17.5. The Morgan fingerprint density at radius 1 is 0.793 bits per heavy atom. The standard InChI is InChI=1S/C25H28N2O2/c1-27(2)25-8-6-5-7-21(25)18-26-22-13-11-19(12-14-22)9-10-20-15-23(28-3)17-24(16-20)29-4/h5-17,26H,18H2,1-4H3/b10-9+. The molecule has 0 aromatic heterocycles. The summed E-state index contributed by atoms with van der Waals surface area (Å²) in [5.74, 6) is 1.56. The van der Waals surface area contributed by atoms with Crippen molar-refractivity contribution >= 4 is 23.5 Å². The summed E-state index contributed by atoms with van der Waals surface area (Å²) in [4.78, 5) is 2.14. The highest BCUT2D eigenvalue weighted by atomic mass is 16.5. The van der Waals surface area contributed by atoms with E-state index in [1.54, 1.807) is 14.2 Å². The molecule has 3 aromatic carbocycles. The number of hydrogen-bond donors (Lipinski definition) is 1. The second kappa shape index (κ2) is 9.69. The Hall–Kier alpha value is -3.40. The molecule has 0 unspecified atom stereocenters. The molecule has 4 nitrogen and oxygen atoms in total. The minimum absolute atomic E-state index is 0.779. The third kappa shape index (κ3) is 5.55. The zero-order valence-corrected chi connectivity index (χ0v) is 17.5. The van der Waals surface area contributed by atoms with Gasteiger partial charge in [-0.05, 0) is 47.0 Å². The van der Waals surface area contributed by atoms with Crippen LogP contribution in [-0.2, 0) is 6.54 Å². The Bertz CT molecular complexity index is 941. The first-order chi connectivity index (χ1) is 14.1. The summed E-state index contributed by atoms with van der Waals surface area (Å²) in [6.07, 6.45) is 4.14. The van der Waals surface area contributed by atoms with Crippen molar-refractivity contribution in [2.45, 2.75) is 6.54 Å². The summed E-state index contributed by atoms with van der Waals surface area (Å²) in [6, 6.07) is 22.7. The lowest BCUT2D eigenvalue weighted by atomic mass is 10.1. The smallest absolute Gasteiger partial charge is 0.123 e. The van der Waals surface area contributed by atoms with Crippen LogP contribution in [0.5, 0.6) is 11.5 Å². The first-order valence-electron chi connectivity index (χ1n) is 9.59. The van der Waals surface area contributed by atoms with E-state index in [1.165, 1.54) is 11.3 Å².